The van der Waals surface area contributed by atoms with Gasteiger partial charge in [-0.1, -0.05) is 34.1 Å². The first-order valence-corrected chi connectivity index (χ1v) is 9.54. The molecule has 0 unspecified atom stereocenters. The minimum absolute atomic E-state index is 0.0326. The van der Waals surface area contributed by atoms with Crippen LogP contribution in [0, 0.1) is 5.41 Å². The highest BCUT2D eigenvalue weighted by molar-refractivity contribution is 5.98. The smallest absolute Gasteiger partial charge is 0.140 e. The standard InChI is InChI=1S/C20H38O4/c1-5-6-13-23-14-7-10-18(21)17-19(22)11-8-15-24-16-9-12-20(2,3)4/h5-17H2,1-4H3. The molecule has 0 radical (unpaired) electrons. The predicted molar refractivity (Wildman–Crippen MR) is 98.3 cm³/mol. The molecule has 0 fully saturated rings. The zero-order chi connectivity index (χ0) is 18.3. The number of unbranched alkanes of at least 4 members (excludes halogenated alkanes) is 1. The monoisotopic (exact) mass is 342 g/mol. The van der Waals surface area contributed by atoms with E-state index in [0.717, 1.165) is 38.9 Å². The predicted octanol–water partition coefficient (Wildman–Crippen LogP) is 4.73. The molecule has 0 spiro atoms. The molecule has 0 aromatic carbocycles. The first-order valence-electron chi connectivity index (χ1n) is 9.54. The second-order valence-electron chi connectivity index (χ2n) is 7.70. The van der Waals surface area contributed by atoms with Crippen LogP contribution in [0.3, 0.4) is 0 Å². The third kappa shape index (κ3) is 17.6. The van der Waals surface area contributed by atoms with Crippen LogP contribution in [-0.4, -0.2) is 38.0 Å². The van der Waals surface area contributed by atoms with Crippen molar-refractivity contribution < 1.29 is 19.1 Å². The summed E-state index contributed by atoms with van der Waals surface area (Å²) in [4.78, 5) is 23.4. The Bertz CT molecular complexity index is 331. The first kappa shape index (κ1) is 23.3. The van der Waals surface area contributed by atoms with Crippen LogP contribution < -0.4 is 0 Å². The second-order valence-corrected chi connectivity index (χ2v) is 7.70. The second kappa shape index (κ2) is 14.6. The highest BCUT2D eigenvalue weighted by atomic mass is 16.5. The molecule has 0 saturated carbocycles. The molecule has 0 heterocycles. The Kier molecular flexibility index (Phi) is 14.1. The fraction of sp³-hybridized carbons (Fsp3) is 0.900. The van der Waals surface area contributed by atoms with Crippen LogP contribution in [0.2, 0.25) is 0 Å². The summed E-state index contributed by atoms with van der Waals surface area (Å²) >= 11 is 0. The van der Waals surface area contributed by atoms with E-state index >= 15 is 0 Å². The highest BCUT2D eigenvalue weighted by Crippen LogP contribution is 2.20. The Hall–Kier alpha value is -0.740. The van der Waals surface area contributed by atoms with Crippen molar-refractivity contribution in [3.05, 3.63) is 0 Å². The molecule has 24 heavy (non-hydrogen) atoms. The lowest BCUT2D eigenvalue weighted by Gasteiger charge is -2.17. The summed E-state index contributed by atoms with van der Waals surface area (Å²) in [6, 6.07) is 0. The van der Waals surface area contributed by atoms with Crippen LogP contribution >= 0.6 is 0 Å². The molecule has 0 aromatic heterocycles. The Morgan fingerprint density at radius 3 is 1.67 bits per heavy atom. The van der Waals surface area contributed by atoms with E-state index in [1.165, 1.54) is 0 Å². The number of hydrogen-bond donors (Lipinski definition) is 0. The summed E-state index contributed by atoms with van der Waals surface area (Å²) in [6.45, 7) is 11.5. The van der Waals surface area contributed by atoms with Gasteiger partial charge < -0.3 is 9.47 Å². The Balaban J connectivity index is 3.43. The van der Waals surface area contributed by atoms with Gasteiger partial charge in [0.2, 0.25) is 0 Å². The molecule has 0 bridgehead atoms. The molecule has 4 heteroatoms. The molecule has 0 aliphatic rings. The zero-order valence-electron chi connectivity index (χ0n) is 16.3. The quantitative estimate of drug-likeness (QED) is 0.300. The molecule has 0 amide bonds. The maximum atomic E-state index is 11.7. The van der Waals surface area contributed by atoms with E-state index in [0.29, 0.717) is 44.3 Å². The van der Waals surface area contributed by atoms with Gasteiger partial charge in [0.15, 0.2) is 0 Å². The lowest BCUT2D eigenvalue weighted by molar-refractivity contribution is -0.127. The normalized spacial score (nSPS) is 11.7. The molecule has 0 aromatic rings. The molecular weight excluding hydrogens is 304 g/mol. The van der Waals surface area contributed by atoms with Crippen LogP contribution in [0.1, 0.15) is 85.5 Å². The van der Waals surface area contributed by atoms with Crippen LogP contribution in [0.4, 0.5) is 0 Å². The SMILES string of the molecule is CCCCOCCCC(=O)CC(=O)CCCOCCCC(C)(C)C. The molecule has 0 aliphatic carbocycles. The topological polar surface area (TPSA) is 52.6 Å². The molecule has 4 nitrogen and oxygen atoms in total. The van der Waals surface area contributed by atoms with Gasteiger partial charge in [0.1, 0.15) is 11.6 Å². The summed E-state index contributed by atoms with van der Waals surface area (Å²) in [7, 11) is 0. The third-order valence-corrected chi connectivity index (χ3v) is 3.74. The minimum Gasteiger partial charge on any atom is -0.381 e. The summed E-state index contributed by atoms with van der Waals surface area (Å²) in [5, 5.41) is 0. The maximum absolute atomic E-state index is 11.7. The van der Waals surface area contributed by atoms with Gasteiger partial charge in [-0.05, 0) is 37.5 Å². The van der Waals surface area contributed by atoms with Gasteiger partial charge in [-0.3, -0.25) is 9.59 Å². The van der Waals surface area contributed by atoms with Crippen molar-refractivity contribution in [3.8, 4) is 0 Å². The van der Waals surface area contributed by atoms with Crippen LogP contribution in [0.5, 0.6) is 0 Å². The van der Waals surface area contributed by atoms with E-state index in [4.69, 9.17) is 9.47 Å². The van der Waals surface area contributed by atoms with Gasteiger partial charge in [0.05, 0.1) is 6.42 Å². The number of ether oxygens (including phenoxy) is 2. The number of carbonyl (C=O) groups is 2. The first-order chi connectivity index (χ1) is 11.3. The number of hydrogen-bond acceptors (Lipinski definition) is 4. The Morgan fingerprint density at radius 2 is 1.21 bits per heavy atom. The van der Waals surface area contributed by atoms with E-state index in [9.17, 15) is 9.59 Å². The number of ketones is 2. The average molecular weight is 343 g/mol. The molecule has 0 aliphatic heterocycles. The van der Waals surface area contributed by atoms with E-state index in [2.05, 4.69) is 27.7 Å². The number of rotatable bonds is 16. The summed E-state index contributed by atoms with van der Waals surface area (Å²) in [6.07, 6.45) is 6.75. The van der Waals surface area contributed by atoms with Crippen LogP contribution in [-0.2, 0) is 19.1 Å². The highest BCUT2D eigenvalue weighted by Gasteiger charge is 2.10. The fourth-order valence-corrected chi connectivity index (χ4v) is 2.29. The Morgan fingerprint density at radius 1 is 0.750 bits per heavy atom. The van der Waals surface area contributed by atoms with Gasteiger partial charge >= 0.3 is 0 Å². The van der Waals surface area contributed by atoms with E-state index < -0.39 is 0 Å². The lowest BCUT2D eigenvalue weighted by Crippen LogP contribution is -2.10. The molecule has 0 N–H and O–H groups in total. The van der Waals surface area contributed by atoms with Gasteiger partial charge in [0, 0.05) is 39.3 Å². The average Bonchev–Trinajstić information content (AvgIpc) is 2.48. The summed E-state index contributed by atoms with van der Waals surface area (Å²) in [5.41, 5.74) is 0.348. The lowest BCUT2D eigenvalue weighted by atomic mass is 9.91. The van der Waals surface area contributed by atoms with Crippen molar-refractivity contribution >= 4 is 11.6 Å². The van der Waals surface area contributed by atoms with Gasteiger partial charge in [-0.25, -0.2) is 0 Å². The van der Waals surface area contributed by atoms with Gasteiger partial charge in [-0.2, -0.15) is 0 Å². The van der Waals surface area contributed by atoms with Crippen molar-refractivity contribution in [1.29, 1.82) is 0 Å². The Labute approximate surface area is 148 Å². The van der Waals surface area contributed by atoms with Crippen molar-refractivity contribution in [2.24, 2.45) is 5.41 Å². The zero-order valence-corrected chi connectivity index (χ0v) is 16.3. The number of carbonyl (C=O) groups excluding carboxylic acids is 2. The molecule has 0 rings (SSSR count). The minimum atomic E-state index is 0.0326. The molecule has 142 valence electrons. The molecule has 0 atom stereocenters. The van der Waals surface area contributed by atoms with Gasteiger partial charge in [-0.15, -0.1) is 0 Å². The van der Waals surface area contributed by atoms with Crippen molar-refractivity contribution in [3.63, 3.8) is 0 Å². The third-order valence-electron chi connectivity index (χ3n) is 3.74. The van der Waals surface area contributed by atoms with Crippen molar-refractivity contribution in [2.75, 3.05) is 26.4 Å². The van der Waals surface area contributed by atoms with Gasteiger partial charge in [0.25, 0.3) is 0 Å². The largest absolute Gasteiger partial charge is 0.381 e. The molecule has 0 saturated heterocycles. The van der Waals surface area contributed by atoms with E-state index in [-0.39, 0.29) is 18.0 Å². The van der Waals surface area contributed by atoms with E-state index in [1.807, 2.05) is 0 Å². The van der Waals surface area contributed by atoms with Crippen molar-refractivity contribution in [2.45, 2.75) is 85.5 Å². The van der Waals surface area contributed by atoms with Crippen molar-refractivity contribution in [1.82, 2.24) is 0 Å². The van der Waals surface area contributed by atoms with Crippen LogP contribution in [0.15, 0.2) is 0 Å². The summed E-state index contributed by atoms with van der Waals surface area (Å²) in [5.74, 6) is 0.0652. The summed E-state index contributed by atoms with van der Waals surface area (Å²) < 4.78 is 11.0. The molecular formula is C20H38O4. The number of Topliss-reactive ketones (excluding diaryl/α,β-unsaturated/α-hetero) is 2. The fourth-order valence-electron chi connectivity index (χ4n) is 2.29. The van der Waals surface area contributed by atoms with E-state index in [1.54, 1.807) is 0 Å². The van der Waals surface area contributed by atoms with Crippen LogP contribution in [0.25, 0.3) is 0 Å². The maximum Gasteiger partial charge on any atom is 0.140 e.